The number of nitrogens with one attached hydrogen (secondary N) is 1. The Balaban J connectivity index is 2.14. The van der Waals surface area contributed by atoms with E-state index in [1.165, 1.54) is 35.9 Å². The molecule has 1 atom stereocenters. The maximum atomic E-state index is 3.60. The first-order valence-corrected chi connectivity index (χ1v) is 6.65. The van der Waals surface area contributed by atoms with E-state index in [9.17, 15) is 0 Å². The van der Waals surface area contributed by atoms with E-state index >= 15 is 0 Å². The predicted octanol–water partition coefficient (Wildman–Crippen LogP) is 3.67. The fourth-order valence-electron chi connectivity index (χ4n) is 2.57. The van der Waals surface area contributed by atoms with Crippen LogP contribution >= 0.6 is 15.9 Å². The van der Waals surface area contributed by atoms with E-state index in [-0.39, 0.29) is 0 Å². The lowest BCUT2D eigenvalue weighted by Crippen LogP contribution is -2.14. The van der Waals surface area contributed by atoms with Crippen molar-refractivity contribution in [1.82, 2.24) is 4.98 Å². The van der Waals surface area contributed by atoms with E-state index in [2.05, 4.69) is 45.2 Å². The van der Waals surface area contributed by atoms with Gasteiger partial charge in [0.15, 0.2) is 0 Å². The number of aryl methyl sites for hydroxylation is 1. The normalized spacial score (nSPS) is 20.5. The van der Waals surface area contributed by atoms with Crippen LogP contribution in [0.3, 0.4) is 0 Å². The summed E-state index contributed by atoms with van der Waals surface area (Å²) >= 11 is 3.60. The molecule has 1 nitrogen and oxygen atoms in total. The number of H-pyrrole nitrogens is 1. The van der Waals surface area contributed by atoms with Crippen LogP contribution in [0, 0.1) is 5.92 Å². The summed E-state index contributed by atoms with van der Waals surface area (Å²) in [4.78, 5) is 3.55. The SMILES string of the molecule is BrCC1CCc2[nH]c3ccccc3c2C1. The number of rotatable bonds is 1. The molecule has 0 spiro atoms. The second kappa shape index (κ2) is 3.67. The molecule has 1 heterocycles. The summed E-state index contributed by atoms with van der Waals surface area (Å²) in [5.41, 5.74) is 4.33. The van der Waals surface area contributed by atoms with Crippen LogP contribution in [0.25, 0.3) is 10.9 Å². The van der Waals surface area contributed by atoms with Crippen molar-refractivity contribution < 1.29 is 0 Å². The Morgan fingerprint density at radius 3 is 3.07 bits per heavy atom. The zero-order valence-electron chi connectivity index (χ0n) is 8.59. The molecule has 2 heteroatoms. The number of alkyl halides is 1. The van der Waals surface area contributed by atoms with Gasteiger partial charge < -0.3 is 4.98 Å². The molecule has 0 saturated heterocycles. The Bertz CT molecular complexity index is 486. The van der Waals surface area contributed by atoms with Crippen LogP contribution in [0.2, 0.25) is 0 Å². The largest absolute Gasteiger partial charge is 0.358 e. The third-order valence-corrected chi connectivity index (χ3v) is 4.33. The van der Waals surface area contributed by atoms with Crippen molar-refractivity contribution >= 4 is 26.8 Å². The minimum atomic E-state index is 0.816. The molecular weight excluding hydrogens is 250 g/mol. The van der Waals surface area contributed by atoms with Gasteiger partial charge in [-0.1, -0.05) is 34.1 Å². The summed E-state index contributed by atoms with van der Waals surface area (Å²) in [6.07, 6.45) is 3.75. The number of aromatic amines is 1. The van der Waals surface area contributed by atoms with Gasteiger partial charge >= 0.3 is 0 Å². The molecule has 15 heavy (non-hydrogen) atoms. The van der Waals surface area contributed by atoms with E-state index in [4.69, 9.17) is 0 Å². The van der Waals surface area contributed by atoms with Crippen molar-refractivity contribution in [1.29, 1.82) is 0 Å². The molecule has 1 aromatic heterocycles. The highest BCUT2D eigenvalue weighted by Gasteiger charge is 2.21. The van der Waals surface area contributed by atoms with Gasteiger partial charge in [-0.2, -0.15) is 0 Å². The summed E-state index contributed by atoms with van der Waals surface area (Å²) in [7, 11) is 0. The molecule has 1 aliphatic rings. The lowest BCUT2D eigenvalue weighted by atomic mass is 9.88. The Labute approximate surface area is 98.0 Å². The van der Waals surface area contributed by atoms with Crippen LogP contribution in [0.15, 0.2) is 24.3 Å². The van der Waals surface area contributed by atoms with Gasteiger partial charge in [-0.3, -0.25) is 0 Å². The molecule has 2 aromatic rings. The summed E-state index contributed by atoms with van der Waals surface area (Å²) in [5.74, 6) is 0.816. The molecule has 0 aliphatic heterocycles. The fraction of sp³-hybridized carbons (Fsp3) is 0.385. The number of fused-ring (bicyclic) bond motifs is 3. The molecule has 1 N–H and O–H groups in total. The molecule has 0 saturated carbocycles. The average molecular weight is 264 g/mol. The molecular formula is C13H14BrN. The molecule has 0 fully saturated rings. The Hall–Kier alpha value is -0.760. The van der Waals surface area contributed by atoms with Crippen molar-refractivity contribution in [2.75, 3.05) is 5.33 Å². The van der Waals surface area contributed by atoms with Gasteiger partial charge in [-0.25, -0.2) is 0 Å². The number of para-hydroxylation sites is 1. The van der Waals surface area contributed by atoms with Gasteiger partial charge in [0.05, 0.1) is 0 Å². The van der Waals surface area contributed by atoms with Crippen LogP contribution in [-0.2, 0) is 12.8 Å². The highest BCUT2D eigenvalue weighted by molar-refractivity contribution is 9.09. The second-order valence-corrected chi connectivity index (χ2v) is 5.04. The summed E-state index contributed by atoms with van der Waals surface area (Å²) in [6, 6.07) is 8.65. The van der Waals surface area contributed by atoms with Gasteiger partial charge in [-0.15, -0.1) is 0 Å². The molecule has 0 amide bonds. The summed E-state index contributed by atoms with van der Waals surface area (Å²) in [6.45, 7) is 0. The van der Waals surface area contributed by atoms with Crippen molar-refractivity contribution in [3.63, 3.8) is 0 Å². The maximum Gasteiger partial charge on any atom is 0.0458 e. The van der Waals surface area contributed by atoms with Crippen LogP contribution in [0.1, 0.15) is 17.7 Å². The van der Waals surface area contributed by atoms with E-state index in [1.807, 2.05) is 0 Å². The third-order valence-electron chi connectivity index (χ3n) is 3.42. The number of benzene rings is 1. The first kappa shape index (κ1) is 9.46. The van der Waals surface area contributed by atoms with Crippen LogP contribution in [-0.4, -0.2) is 10.3 Å². The van der Waals surface area contributed by atoms with Crippen molar-refractivity contribution in [3.8, 4) is 0 Å². The molecule has 0 radical (unpaired) electrons. The lowest BCUT2D eigenvalue weighted by molar-refractivity contribution is 0.510. The van der Waals surface area contributed by atoms with Crippen LogP contribution in [0.5, 0.6) is 0 Å². The highest BCUT2D eigenvalue weighted by Crippen LogP contribution is 2.32. The van der Waals surface area contributed by atoms with E-state index in [0.29, 0.717) is 0 Å². The molecule has 1 aliphatic carbocycles. The van der Waals surface area contributed by atoms with Gasteiger partial charge in [-0.05, 0) is 36.8 Å². The standard InChI is InChI=1S/C13H14BrN/c14-8-9-5-6-13-11(7-9)10-3-1-2-4-12(10)15-13/h1-4,9,15H,5-8H2. The van der Waals surface area contributed by atoms with E-state index in [1.54, 1.807) is 5.56 Å². The molecule has 1 unspecified atom stereocenters. The van der Waals surface area contributed by atoms with Crippen molar-refractivity contribution in [3.05, 3.63) is 35.5 Å². The van der Waals surface area contributed by atoms with E-state index < -0.39 is 0 Å². The Morgan fingerprint density at radius 2 is 2.20 bits per heavy atom. The third kappa shape index (κ3) is 1.51. The van der Waals surface area contributed by atoms with Crippen LogP contribution < -0.4 is 0 Å². The smallest absolute Gasteiger partial charge is 0.0458 e. The molecule has 0 bridgehead atoms. The number of hydrogen-bond donors (Lipinski definition) is 1. The molecule has 1 aromatic carbocycles. The number of aromatic nitrogens is 1. The first-order chi connectivity index (χ1) is 7.38. The fourth-order valence-corrected chi connectivity index (χ4v) is 3.13. The quantitative estimate of drug-likeness (QED) is 0.756. The minimum absolute atomic E-state index is 0.816. The monoisotopic (exact) mass is 263 g/mol. The van der Waals surface area contributed by atoms with Gasteiger partial charge in [0.2, 0.25) is 0 Å². The molecule has 3 rings (SSSR count). The molecule has 78 valence electrons. The van der Waals surface area contributed by atoms with Gasteiger partial charge in [0.1, 0.15) is 0 Å². The Kier molecular flexibility index (Phi) is 2.32. The maximum absolute atomic E-state index is 3.60. The number of hydrogen-bond acceptors (Lipinski definition) is 0. The minimum Gasteiger partial charge on any atom is -0.358 e. The van der Waals surface area contributed by atoms with Crippen molar-refractivity contribution in [2.24, 2.45) is 5.92 Å². The summed E-state index contributed by atoms with van der Waals surface area (Å²) < 4.78 is 0. The second-order valence-electron chi connectivity index (χ2n) is 4.39. The summed E-state index contributed by atoms with van der Waals surface area (Å²) in [5, 5.41) is 2.56. The average Bonchev–Trinajstić information content (AvgIpc) is 2.66. The van der Waals surface area contributed by atoms with Crippen molar-refractivity contribution in [2.45, 2.75) is 19.3 Å². The van der Waals surface area contributed by atoms with E-state index in [0.717, 1.165) is 11.2 Å². The topological polar surface area (TPSA) is 15.8 Å². The van der Waals surface area contributed by atoms with Gasteiger partial charge in [0, 0.05) is 21.9 Å². The lowest BCUT2D eigenvalue weighted by Gasteiger charge is -2.20. The number of halogens is 1. The van der Waals surface area contributed by atoms with Crippen LogP contribution in [0.4, 0.5) is 0 Å². The zero-order chi connectivity index (χ0) is 10.3. The zero-order valence-corrected chi connectivity index (χ0v) is 10.2. The Morgan fingerprint density at radius 1 is 1.33 bits per heavy atom. The highest BCUT2D eigenvalue weighted by atomic mass is 79.9. The predicted molar refractivity (Wildman–Crippen MR) is 67.6 cm³/mol. The van der Waals surface area contributed by atoms with Gasteiger partial charge in [0.25, 0.3) is 0 Å². The first-order valence-electron chi connectivity index (χ1n) is 5.53.